The molecule has 0 rings (SSSR count). The largest absolute Gasteiger partial charge is 0.460 e. The van der Waals surface area contributed by atoms with Crippen LogP contribution in [0.4, 0.5) is 0 Å². The minimum absolute atomic E-state index is 0.285. The maximum Gasteiger partial charge on any atom is 0.330 e. The summed E-state index contributed by atoms with van der Waals surface area (Å²) in [5.41, 5.74) is 0. The lowest BCUT2D eigenvalue weighted by molar-refractivity contribution is -0.139. The lowest BCUT2D eigenvalue weighted by Crippen LogP contribution is -2.10. The first kappa shape index (κ1) is 12.1. The van der Waals surface area contributed by atoms with Gasteiger partial charge >= 0.3 is 5.97 Å². The minimum Gasteiger partial charge on any atom is -0.460 e. The number of hydrogen-bond acceptors (Lipinski definition) is 4. The molecule has 0 heterocycles. The van der Waals surface area contributed by atoms with Crippen LogP contribution in [0, 0.1) is 0 Å². The van der Waals surface area contributed by atoms with Crippen LogP contribution in [0.5, 0.6) is 0 Å². The van der Waals surface area contributed by atoms with Gasteiger partial charge in [-0.1, -0.05) is 6.08 Å². The van der Waals surface area contributed by atoms with Gasteiger partial charge in [-0.15, -0.1) is 0 Å². The predicted octanol–water partition coefficient (Wildman–Crippen LogP) is 0.769. The number of allylic oxidation sites excluding steroid dienone is 1. The third kappa shape index (κ3) is 9.04. The van der Waals surface area contributed by atoms with Crippen molar-refractivity contribution >= 4 is 5.97 Å². The molecule has 0 aromatic rings. The molecule has 4 heteroatoms. The van der Waals surface area contributed by atoms with Gasteiger partial charge in [0.1, 0.15) is 6.61 Å². The zero-order valence-electron chi connectivity index (χ0n) is 8.12. The Morgan fingerprint density at radius 2 is 1.92 bits per heavy atom. The van der Waals surface area contributed by atoms with Crippen molar-refractivity contribution in [2.24, 2.45) is 0 Å². The molecule has 0 aliphatic carbocycles. The molecule has 13 heavy (non-hydrogen) atoms. The maximum atomic E-state index is 10.7. The molecular formula is C9H16O4. The van der Waals surface area contributed by atoms with Gasteiger partial charge in [0, 0.05) is 13.2 Å². The van der Waals surface area contributed by atoms with Crippen LogP contribution in [-0.2, 0) is 19.0 Å². The summed E-state index contributed by atoms with van der Waals surface area (Å²) in [6.07, 6.45) is 3.00. The van der Waals surface area contributed by atoms with Crippen LogP contribution < -0.4 is 0 Å². The SMILES string of the molecule is CC=CC(=O)OCCOCCOC. The number of carbonyl (C=O) groups excluding carboxylic acids is 1. The monoisotopic (exact) mass is 188 g/mol. The number of ether oxygens (including phenoxy) is 3. The van der Waals surface area contributed by atoms with E-state index in [1.54, 1.807) is 20.1 Å². The molecule has 0 unspecified atom stereocenters. The highest BCUT2D eigenvalue weighted by Gasteiger charge is 1.94. The summed E-state index contributed by atoms with van der Waals surface area (Å²) in [6, 6.07) is 0. The zero-order valence-corrected chi connectivity index (χ0v) is 8.12. The lowest BCUT2D eigenvalue weighted by atomic mass is 10.5. The van der Waals surface area contributed by atoms with Crippen LogP contribution >= 0.6 is 0 Å². The molecule has 0 aromatic carbocycles. The van der Waals surface area contributed by atoms with Crippen molar-refractivity contribution in [1.82, 2.24) is 0 Å². The second-order valence-corrected chi connectivity index (χ2v) is 2.27. The Morgan fingerprint density at radius 3 is 2.54 bits per heavy atom. The normalized spacial score (nSPS) is 10.6. The second kappa shape index (κ2) is 9.22. The summed E-state index contributed by atoms with van der Waals surface area (Å²) in [6.45, 7) is 3.54. The van der Waals surface area contributed by atoms with Crippen LogP contribution in [0.2, 0.25) is 0 Å². The maximum absolute atomic E-state index is 10.7. The molecule has 0 spiro atoms. The number of carbonyl (C=O) groups is 1. The van der Waals surface area contributed by atoms with E-state index in [2.05, 4.69) is 0 Å². The van der Waals surface area contributed by atoms with Gasteiger partial charge < -0.3 is 14.2 Å². The smallest absolute Gasteiger partial charge is 0.330 e. The highest BCUT2D eigenvalue weighted by atomic mass is 16.6. The standard InChI is InChI=1S/C9H16O4/c1-3-4-9(10)13-8-7-12-6-5-11-2/h3-4H,5-8H2,1-2H3. The minimum atomic E-state index is -0.335. The topological polar surface area (TPSA) is 44.8 Å². The van der Waals surface area contributed by atoms with Crippen LogP contribution in [-0.4, -0.2) is 39.5 Å². The molecule has 0 aliphatic heterocycles. The van der Waals surface area contributed by atoms with E-state index in [9.17, 15) is 4.79 Å². The number of methoxy groups -OCH3 is 1. The Balaban J connectivity index is 3.11. The van der Waals surface area contributed by atoms with Gasteiger partial charge in [-0.2, -0.15) is 0 Å². The molecule has 4 nitrogen and oxygen atoms in total. The Kier molecular flexibility index (Phi) is 8.60. The highest BCUT2D eigenvalue weighted by molar-refractivity contribution is 5.81. The van der Waals surface area contributed by atoms with Gasteiger partial charge in [-0.25, -0.2) is 4.79 Å². The van der Waals surface area contributed by atoms with Crippen molar-refractivity contribution < 1.29 is 19.0 Å². The van der Waals surface area contributed by atoms with Gasteiger partial charge in [0.05, 0.1) is 19.8 Å². The molecule has 0 aliphatic rings. The Labute approximate surface area is 78.5 Å². The Bertz CT molecular complexity index is 154. The summed E-state index contributed by atoms with van der Waals surface area (Å²) in [4.78, 5) is 10.7. The molecule has 0 radical (unpaired) electrons. The molecule has 76 valence electrons. The van der Waals surface area contributed by atoms with Crippen LogP contribution in [0.3, 0.4) is 0 Å². The fraction of sp³-hybridized carbons (Fsp3) is 0.667. The van der Waals surface area contributed by atoms with E-state index in [1.165, 1.54) is 6.08 Å². The van der Waals surface area contributed by atoms with Crippen molar-refractivity contribution in [3.63, 3.8) is 0 Å². The van der Waals surface area contributed by atoms with Crippen molar-refractivity contribution in [2.45, 2.75) is 6.92 Å². The summed E-state index contributed by atoms with van der Waals surface area (Å²) in [5.74, 6) is -0.335. The number of hydrogen-bond donors (Lipinski definition) is 0. The molecule has 0 bridgehead atoms. The summed E-state index contributed by atoms with van der Waals surface area (Å²) < 4.78 is 14.6. The van der Waals surface area contributed by atoms with Crippen LogP contribution in [0.15, 0.2) is 12.2 Å². The number of esters is 1. The quantitative estimate of drug-likeness (QED) is 0.336. The first-order valence-corrected chi connectivity index (χ1v) is 4.17. The van der Waals surface area contributed by atoms with E-state index in [0.29, 0.717) is 19.8 Å². The van der Waals surface area contributed by atoms with Gasteiger partial charge in [-0.05, 0) is 6.92 Å². The Hall–Kier alpha value is -0.870. The van der Waals surface area contributed by atoms with Crippen molar-refractivity contribution in [3.05, 3.63) is 12.2 Å². The van der Waals surface area contributed by atoms with Crippen molar-refractivity contribution in [1.29, 1.82) is 0 Å². The second-order valence-electron chi connectivity index (χ2n) is 2.27. The molecule has 0 amide bonds. The third-order valence-electron chi connectivity index (χ3n) is 1.21. The van der Waals surface area contributed by atoms with Crippen molar-refractivity contribution in [3.8, 4) is 0 Å². The van der Waals surface area contributed by atoms with Gasteiger partial charge in [0.15, 0.2) is 0 Å². The number of rotatable bonds is 7. The Morgan fingerprint density at radius 1 is 1.23 bits per heavy atom. The molecule has 0 atom stereocenters. The molecular weight excluding hydrogens is 172 g/mol. The summed E-state index contributed by atoms with van der Waals surface area (Å²) in [5, 5.41) is 0. The molecule has 0 aromatic heterocycles. The van der Waals surface area contributed by atoms with E-state index in [-0.39, 0.29) is 12.6 Å². The summed E-state index contributed by atoms with van der Waals surface area (Å²) >= 11 is 0. The zero-order chi connectivity index (χ0) is 9.94. The van der Waals surface area contributed by atoms with E-state index in [0.717, 1.165) is 0 Å². The molecule has 0 fully saturated rings. The molecule has 0 saturated carbocycles. The van der Waals surface area contributed by atoms with E-state index in [1.807, 2.05) is 0 Å². The highest BCUT2D eigenvalue weighted by Crippen LogP contribution is 1.83. The fourth-order valence-electron chi connectivity index (χ4n) is 0.630. The van der Waals surface area contributed by atoms with Gasteiger partial charge in [-0.3, -0.25) is 0 Å². The predicted molar refractivity (Wildman–Crippen MR) is 48.5 cm³/mol. The van der Waals surface area contributed by atoms with Gasteiger partial charge in [0.25, 0.3) is 0 Å². The summed E-state index contributed by atoms with van der Waals surface area (Å²) in [7, 11) is 1.61. The average Bonchev–Trinajstić information content (AvgIpc) is 2.11. The van der Waals surface area contributed by atoms with E-state index in [4.69, 9.17) is 14.2 Å². The van der Waals surface area contributed by atoms with Crippen molar-refractivity contribution in [2.75, 3.05) is 33.5 Å². The average molecular weight is 188 g/mol. The van der Waals surface area contributed by atoms with E-state index < -0.39 is 0 Å². The lowest BCUT2D eigenvalue weighted by Gasteiger charge is -2.03. The fourth-order valence-corrected chi connectivity index (χ4v) is 0.630. The van der Waals surface area contributed by atoms with Gasteiger partial charge in [0.2, 0.25) is 0 Å². The third-order valence-corrected chi connectivity index (χ3v) is 1.21. The first-order valence-electron chi connectivity index (χ1n) is 4.17. The van der Waals surface area contributed by atoms with E-state index >= 15 is 0 Å². The molecule has 0 N–H and O–H groups in total. The first-order chi connectivity index (χ1) is 6.31. The van der Waals surface area contributed by atoms with Crippen LogP contribution in [0.25, 0.3) is 0 Å². The van der Waals surface area contributed by atoms with Crippen LogP contribution in [0.1, 0.15) is 6.92 Å². The molecule has 0 saturated heterocycles.